The fraction of sp³-hybridized carbons (Fsp3) is 0.125. The zero-order chi connectivity index (χ0) is 11.4. The molecule has 0 saturated carbocycles. The van der Waals surface area contributed by atoms with Crippen molar-refractivity contribution in [1.29, 1.82) is 0 Å². The van der Waals surface area contributed by atoms with E-state index in [0.29, 0.717) is 9.75 Å². The Labute approximate surface area is 111 Å². The molecule has 15 heavy (non-hydrogen) atoms. The van der Waals surface area contributed by atoms with Gasteiger partial charge in [0.15, 0.2) is 5.82 Å². The van der Waals surface area contributed by atoms with Gasteiger partial charge in [-0.05, 0) is 28.8 Å². The summed E-state index contributed by atoms with van der Waals surface area (Å²) in [7, 11) is 0. The predicted octanol–water partition coefficient (Wildman–Crippen LogP) is 4.89. The van der Waals surface area contributed by atoms with Crippen LogP contribution in [0.1, 0.15) is 9.75 Å². The van der Waals surface area contributed by atoms with Crippen LogP contribution in [0.5, 0.6) is 0 Å². The lowest BCUT2D eigenvalue weighted by Crippen LogP contribution is -1.82. The normalized spacial score (nSPS) is 11.1. The molecule has 0 fully saturated rings. The molecule has 0 aromatic carbocycles. The van der Waals surface area contributed by atoms with Gasteiger partial charge in [0.25, 0.3) is 0 Å². The lowest BCUT2D eigenvalue weighted by molar-refractivity contribution is 0.357. The number of halogens is 3. The quantitative estimate of drug-likeness (QED) is 0.407. The summed E-state index contributed by atoms with van der Waals surface area (Å²) in [5.41, 5.74) is 0.162. The Bertz CT molecular complexity index is 398. The maximum absolute atomic E-state index is 13.7. The van der Waals surface area contributed by atoms with Crippen molar-refractivity contribution in [1.82, 2.24) is 0 Å². The maximum atomic E-state index is 13.7. The molecule has 0 aliphatic carbocycles. The highest BCUT2D eigenvalue weighted by Crippen LogP contribution is 2.40. The number of rotatable bonds is 5. The lowest BCUT2D eigenvalue weighted by atomic mass is 10.3. The highest BCUT2D eigenvalue weighted by Gasteiger charge is 2.18. The van der Waals surface area contributed by atoms with E-state index in [4.69, 9.17) is 16.1 Å². The highest BCUT2D eigenvalue weighted by molar-refractivity contribution is 14.2. The Kier molecular flexibility index (Phi) is 5.63. The predicted molar refractivity (Wildman–Crippen MR) is 75.5 cm³/mol. The molecular formula is C8H7ClFINOPS. The van der Waals surface area contributed by atoms with Crippen molar-refractivity contribution in [3.63, 3.8) is 0 Å². The molecule has 1 atom stereocenters. The smallest absolute Gasteiger partial charge is 0.165 e. The molecule has 0 radical (unpaired) electrons. The van der Waals surface area contributed by atoms with Crippen LogP contribution < -0.4 is 0 Å². The monoisotopic (exact) mass is 377 g/mol. The second-order valence-electron chi connectivity index (χ2n) is 2.45. The van der Waals surface area contributed by atoms with Crippen LogP contribution in [0, 0.1) is 5.82 Å². The van der Waals surface area contributed by atoms with Crippen molar-refractivity contribution < 1.29 is 8.91 Å². The van der Waals surface area contributed by atoms with Gasteiger partial charge in [0.05, 0.1) is 27.8 Å². The number of hydrogen-bond donors (Lipinski definition) is 0. The molecule has 0 bridgehead atoms. The Balaban J connectivity index is 3.09. The van der Waals surface area contributed by atoms with Crippen molar-refractivity contribution in [3.8, 4) is 0 Å². The van der Waals surface area contributed by atoms with Gasteiger partial charge in [-0.3, -0.25) is 4.99 Å². The first-order valence-corrected chi connectivity index (χ1v) is 8.93. The first kappa shape index (κ1) is 13.5. The van der Waals surface area contributed by atoms with Gasteiger partial charge in [-0.15, -0.1) is 11.3 Å². The van der Waals surface area contributed by atoms with Crippen LogP contribution in [0.4, 0.5) is 10.1 Å². The fourth-order valence-corrected chi connectivity index (χ4v) is 2.85. The molecule has 0 saturated heterocycles. The van der Waals surface area contributed by atoms with Crippen LogP contribution in [0.2, 0.25) is 0 Å². The summed E-state index contributed by atoms with van der Waals surface area (Å²) in [6, 6.07) is 0. The van der Waals surface area contributed by atoms with Crippen molar-refractivity contribution in [3.05, 3.63) is 22.2 Å². The molecule has 1 heterocycles. The van der Waals surface area contributed by atoms with E-state index in [9.17, 15) is 4.39 Å². The van der Waals surface area contributed by atoms with Crippen LogP contribution in [0.3, 0.4) is 0 Å². The van der Waals surface area contributed by atoms with Crippen LogP contribution in [-0.4, -0.2) is 6.72 Å². The average molecular weight is 378 g/mol. The average Bonchev–Trinajstić information content (AvgIpc) is 2.52. The summed E-state index contributed by atoms with van der Waals surface area (Å²) >= 11 is 8.99. The SMILES string of the molecule is C=Nc1c(C(=C)Cl)sc(COPI)c1F. The summed E-state index contributed by atoms with van der Waals surface area (Å²) in [5, 5.41) is 0.268. The zero-order valence-electron chi connectivity index (χ0n) is 7.52. The molecule has 0 amide bonds. The minimum absolute atomic E-state index is 0.162. The first-order valence-electron chi connectivity index (χ1n) is 3.71. The number of nitrogens with zero attached hydrogens (tertiary/aromatic N) is 1. The largest absolute Gasteiger partial charge is 0.346 e. The minimum atomic E-state index is -0.415. The first-order chi connectivity index (χ1) is 7.11. The summed E-state index contributed by atoms with van der Waals surface area (Å²) in [4.78, 5) is 4.59. The summed E-state index contributed by atoms with van der Waals surface area (Å²) < 4.78 is 18.8. The number of thiophene rings is 1. The number of hydrogen-bond acceptors (Lipinski definition) is 3. The molecule has 1 aromatic heterocycles. The summed E-state index contributed by atoms with van der Waals surface area (Å²) in [6.45, 7) is 7.37. The molecule has 1 aromatic rings. The van der Waals surface area contributed by atoms with Gasteiger partial charge >= 0.3 is 0 Å². The number of aliphatic imine (C=N–C) groups is 1. The van der Waals surface area contributed by atoms with E-state index < -0.39 is 5.82 Å². The molecule has 0 N–H and O–H groups in total. The van der Waals surface area contributed by atoms with E-state index in [1.54, 1.807) is 0 Å². The summed E-state index contributed by atoms with van der Waals surface area (Å²) in [6.07, 6.45) is 0. The minimum Gasteiger partial charge on any atom is -0.346 e. The van der Waals surface area contributed by atoms with Crippen molar-refractivity contribution in [2.24, 2.45) is 4.99 Å². The van der Waals surface area contributed by atoms with Gasteiger partial charge in [0, 0.05) is 0 Å². The van der Waals surface area contributed by atoms with Crippen LogP contribution >= 0.6 is 51.4 Å². The zero-order valence-corrected chi connectivity index (χ0v) is 12.2. The third-order valence-corrected chi connectivity index (χ3v) is 4.23. The van der Waals surface area contributed by atoms with Gasteiger partial charge in [-0.2, -0.15) is 0 Å². The standard InChI is InChI=1S/C8H7ClFINOPS/c1-4(9)8-7(12-2)6(10)5(15-8)3-13-14-11/h14H,1-3H2. The van der Waals surface area contributed by atoms with E-state index in [1.807, 2.05) is 0 Å². The molecule has 1 rings (SSSR count). The Morgan fingerprint density at radius 1 is 1.73 bits per heavy atom. The highest BCUT2D eigenvalue weighted by atomic mass is 127. The van der Waals surface area contributed by atoms with Gasteiger partial charge in [0.2, 0.25) is 0 Å². The molecule has 1 unspecified atom stereocenters. The van der Waals surface area contributed by atoms with Gasteiger partial charge in [-0.25, -0.2) is 4.39 Å². The van der Waals surface area contributed by atoms with Gasteiger partial charge in [0.1, 0.15) is 5.69 Å². The van der Waals surface area contributed by atoms with E-state index in [-0.39, 0.29) is 23.8 Å². The molecule has 0 aliphatic heterocycles. The topological polar surface area (TPSA) is 21.6 Å². The van der Waals surface area contributed by atoms with Crippen LogP contribution in [0.25, 0.3) is 5.03 Å². The molecule has 0 aliphatic rings. The summed E-state index contributed by atoms with van der Waals surface area (Å²) in [5.74, 6) is -0.415. The van der Waals surface area contributed by atoms with Gasteiger partial charge in [-0.1, -0.05) is 18.2 Å². The van der Waals surface area contributed by atoms with Crippen LogP contribution in [-0.2, 0) is 11.1 Å². The van der Waals surface area contributed by atoms with E-state index >= 15 is 0 Å². The van der Waals surface area contributed by atoms with Crippen molar-refractivity contribution in [2.75, 3.05) is 0 Å². The van der Waals surface area contributed by atoms with E-state index in [0.717, 1.165) is 0 Å². The second-order valence-corrected chi connectivity index (χ2v) is 5.77. The van der Waals surface area contributed by atoms with Crippen LogP contribution in [0.15, 0.2) is 11.6 Å². The van der Waals surface area contributed by atoms with Crippen molar-refractivity contribution in [2.45, 2.75) is 6.61 Å². The fourth-order valence-electron chi connectivity index (χ4n) is 0.959. The second kappa shape index (κ2) is 6.25. The van der Waals surface area contributed by atoms with E-state index in [2.05, 4.69) is 40.3 Å². The Morgan fingerprint density at radius 2 is 2.40 bits per heavy atom. The molecular weight excluding hydrogens is 370 g/mol. The third kappa shape index (κ3) is 3.20. The molecule has 82 valence electrons. The molecule has 0 spiro atoms. The molecule has 2 nitrogen and oxygen atoms in total. The van der Waals surface area contributed by atoms with Gasteiger partial charge < -0.3 is 4.52 Å². The molecule has 7 heteroatoms. The Morgan fingerprint density at radius 3 is 2.80 bits per heavy atom. The Hall–Kier alpha value is 0.450. The maximum Gasteiger partial charge on any atom is 0.165 e. The van der Waals surface area contributed by atoms with E-state index in [1.165, 1.54) is 11.3 Å². The third-order valence-electron chi connectivity index (χ3n) is 1.56. The lowest BCUT2D eigenvalue weighted by Gasteiger charge is -1.95. The van der Waals surface area contributed by atoms with Crippen molar-refractivity contribution >= 4 is 68.9 Å².